The Balaban J connectivity index is 1.50. The van der Waals surface area contributed by atoms with Gasteiger partial charge in [-0.25, -0.2) is 0 Å². The smallest absolute Gasteiger partial charge is 0.235 e. The van der Waals surface area contributed by atoms with Crippen LogP contribution in [0.15, 0.2) is 60.7 Å². The third-order valence-corrected chi connectivity index (χ3v) is 6.36. The number of halogens is 1. The number of methoxy groups -OCH3 is 2. The number of hydrogen-bond acceptors (Lipinski definition) is 6. The van der Waals surface area contributed by atoms with E-state index in [2.05, 4.69) is 25.9 Å². The predicted octanol–water partition coefficient (Wildman–Crippen LogP) is 4.87. The molecule has 0 spiro atoms. The molecular formula is C25H22ClN5O3. The Kier molecular flexibility index (Phi) is 5.67. The largest absolute Gasteiger partial charge is 0.493 e. The lowest BCUT2D eigenvalue weighted by atomic mass is 9.94. The van der Waals surface area contributed by atoms with Gasteiger partial charge in [0.1, 0.15) is 0 Å². The van der Waals surface area contributed by atoms with Crippen LogP contribution in [0.2, 0.25) is 5.02 Å². The van der Waals surface area contributed by atoms with Crippen molar-refractivity contribution in [3.8, 4) is 34.0 Å². The minimum atomic E-state index is -0.556. The zero-order valence-corrected chi connectivity index (χ0v) is 19.4. The lowest BCUT2D eigenvalue weighted by molar-refractivity contribution is -0.118. The Hall–Kier alpha value is -3.91. The summed E-state index contributed by atoms with van der Waals surface area (Å²) in [4.78, 5) is 13.3. The van der Waals surface area contributed by atoms with Gasteiger partial charge in [0.05, 0.1) is 19.6 Å². The molecule has 0 bridgehead atoms. The van der Waals surface area contributed by atoms with Gasteiger partial charge in [0.15, 0.2) is 11.5 Å². The van der Waals surface area contributed by atoms with Gasteiger partial charge in [-0.3, -0.25) is 4.79 Å². The molecule has 1 fully saturated rings. The lowest BCUT2D eigenvalue weighted by Gasteiger charge is -2.17. The molecule has 34 heavy (non-hydrogen) atoms. The molecule has 1 amide bonds. The van der Waals surface area contributed by atoms with Crippen LogP contribution in [0.4, 0.5) is 5.69 Å². The molecular weight excluding hydrogens is 454 g/mol. The van der Waals surface area contributed by atoms with Gasteiger partial charge in [0.25, 0.3) is 0 Å². The first-order chi connectivity index (χ1) is 16.5. The Labute approximate surface area is 201 Å². The first-order valence-electron chi connectivity index (χ1n) is 10.7. The molecule has 0 atom stereocenters. The number of tetrazole rings is 1. The standard InChI is InChI=1S/C25H22ClN5O3/c1-33-21-9-6-15(12-22(21)34-2)19-8-7-18(14-20(19)23-28-30-31-29-23)27-24(32)25(10-11-25)16-4-3-5-17(26)13-16/h3-9,12-14H,10-11H2,1-2H3,(H,27,32)(H,28,29,30,31). The van der Waals surface area contributed by atoms with Crippen molar-refractivity contribution in [3.63, 3.8) is 0 Å². The monoisotopic (exact) mass is 475 g/mol. The first-order valence-corrected chi connectivity index (χ1v) is 11.1. The third kappa shape index (κ3) is 3.97. The van der Waals surface area contributed by atoms with Crippen molar-refractivity contribution < 1.29 is 14.3 Å². The highest BCUT2D eigenvalue weighted by molar-refractivity contribution is 6.30. The fourth-order valence-corrected chi connectivity index (χ4v) is 4.34. The maximum atomic E-state index is 13.3. The highest BCUT2D eigenvalue weighted by Crippen LogP contribution is 2.49. The predicted molar refractivity (Wildman–Crippen MR) is 129 cm³/mol. The van der Waals surface area contributed by atoms with Gasteiger partial charge in [-0.1, -0.05) is 35.9 Å². The van der Waals surface area contributed by atoms with E-state index in [0.717, 1.165) is 29.5 Å². The zero-order chi connectivity index (χ0) is 23.7. The summed E-state index contributed by atoms with van der Waals surface area (Å²) in [5, 5.41) is 18.2. The zero-order valence-electron chi connectivity index (χ0n) is 18.6. The van der Waals surface area contributed by atoms with Crippen LogP contribution in [0, 0.1) is 0 Å². The second-order valence-electron chi connectivity index (χ2n) is 8.11. The van der Waals surface area contributed by atoms with Crippen LogP contribution in [0.25, 0.3) is 22.5 Å². The first kappa shape index (κ1) is 21.9. The number of nitrogens with one attached hydrogen (secondary N) is 2. The number of aromatic nitrogens is 4. The molecule has 0 radical (unpaired) electrons. The molecule has 1 aromatic heterocycles. The maximum Gasteiger partial charge on any atom is 0.235 e. The van der Waals surface area contributed by atoms with Crippen LogP contribution >= 0.6 is 11.6 Å². The van der Waals surface area contributed by atoms with Crippen molar-refractivity contribution in [3.05, 3.63) is 71.2 Å². The number of amides is 1. The summed E-state index contributed by atoms with van der Waals surface area (Å²) >= 11 is 6.17. The van der Waals surface area contributed by atoms with E-state index in [1.165, 1.54) is 0 Å². The quantitative estimate of drug-likeness (QED) is 0.395. The van der Waals surface area contributed by atoms with Gasteiger partial charge in [-0.15, -0.1) is 10.2 Å². The molecule has 1 aliphatic carbocycles. The van der Waals surface area contributed by atoms with Crippen LogP contribution in [-0.4, -0.2) is 40.8 Å². The molecule has 1 aliphatic rings. The molecule has 2 N–H and O–H groups in total. The number of hydrogen-bond donors (Lipinski definition) is 2. The Morgan fingerprint density at radius 1 is 1.00 bits per heavy atom. The van der Waals surface area contributed by atoms with Crippen molar-refractivity contribution in [1.29, 1.82) is 0 Å². The summed E-state index contributed by atoms with van der Waals surface area (Å²) in [7, 11) is 3.18. The molecule has 1 heterocycles. The number of ether oxygens (including phenoxy) is 2. The molecule has 0 aliphatic heterocycles. The molecule has 4 aromatic rings. The van der Waals surface area contributed by atoms with Crippen molar-refractivity contribution in [2.75, 3.05) is 19.5 Å². The summed E-state index contributed by atoms with van der Waals surface area (Å²) in [6, 6.07) is 18.8. The average molecular weight is 476 g/mol. The Morgan fingerprint density at radius 2 is 1.82 bits per heavy atom. The Morgan fingerprint density at radius 3 is 2.50 bits per heavy atom. The molecule has 3 aromatic carbocycles. The van der Waals surface area contributed by atoms with E-state index >= 15 is 0 Å². The van der Waals surface area contributed by atoms with Gasteiger partial charge in [0.2, 0.25) is 11.7 Å². The molecule has 0 unspecified atom stereocenters. The molecule has 8 nitrogen and oxygen atoms in total. The number of carbonyl (C=O) groups excluding carboxylic acids is 1. The number of nitrogens with zero attached hydrogens (tertiary/aromatic N) is 3. The summed E-state index contributed by atoms with van der Waals surface area (Å²) < 4.78 is 10.8. The van der Waals surface area contributed by atoms with Gasteiger partial charge in [-0.2, -0.15) is 5.21 Å². The summed E-state index contributed by atoms with van der Waals surface area (Å²) in [6.45, 7) is 0. The Bertz CT molecular complexity index is 1350. The van der Waals surface area contributed by atoms with E-state index in [0.29, 0.717) is 33.6 Å². The minimum Gasteiger partial charge on any atom is -0.493 e. The second-order valence-corrected chi connectivity index (χ2v) is 8.55. The third-order valence-electron chi connectivity index (χ3n) is 6.12. The van der Waals surface area contributed by atoms with Crippen molar-refractivity contribution in [2.45, 2.75) is 18.3 Å². The normalized spacial score (nSPS) is 13.9. The van der Waals surface area contributed by atoms with E-state index in [1.54, 1.807) is 14.2 Å². The van der Waals surface area contributed by atoms with E-state index in [-0.39, 0.29) is 5.91 Å². The number of H-pyrrole nitrogens is 1. The number of rotatable bonds is 7. The van der Waals surface area contributed by atoms with Gasteiger partial charge < -0.3 is 14.8 Å². The van der Waals surface area contributed by atoms with Crippen molar-refractivity contribution >= 4 is 23.2 Å². The fraction of sp³-hybridized carbons (Fsp3) is 0.200. The van der Waals surface area contributed by atoms with Crippen LogP contribution in [0.1, 0.15) is 18.4 Å². The van der Waals surface area contributed by atoms with Crippen LogP contribution in [0.5, 0.6) is 11.5 Å². The number of anilines is 1. The summed E-state index contributed by atoms with van der Waals surface area (Å²) in [5.74, 6) is 1.59. The number of benzene rings is 3. The van der Waals surface area contributed by atoms with Gasteiger partial charge in [0, 0.05) is 16.3 Å². The molecule has 1 saturated carbocycles. The van der Waals surface area contributed by atoms with E-state index < -0.39 is 5.41 Å². The highest BCUT2D eigenvalue weighted by Gasteiger charge is 2.51. The SMILES string of the molecule is COc1ccc(-c2ccc(NC(=O)C3(c4cccc(Cl)c4)CC3)cc2-c2nn[nH]n2)cc1OC. The molecule has 0 saturated heterocycles. The number of aromatic amines is 1. The number of carbonyl (C=O) groups is 1. The molecule has 5 rings (SSSR count). The van der Waals surface area contributed by atoms with E-state index in [1.807, 2.05) is 60.7 Å². The maximum absolute atomic E-state index is 13.3. The van der Waals surface area contributed by atoms with E-state index in [4.69, 9.17) is 21.1 Å². The fourth-order valence-electron chi connectivity index (χ4n) is 4.15. The summed E-state index contributed by atoms with van der Waals surface area (Å²) in [5.41, 5.74) is 3.47. The van der Waals surface area contributed by atoms with Crippen LogP contribution in [-0.2, 0) is 10.2 Å². The molecule has 9 heteroatoms. The summed E-state index contributed by atoms with van der Waals surface area (Å²) in [6.07, 6.45) is 1.56. The lowest BCUT2D eigenvalue weighted by Crippen LogP contribution is -2.27. The van der Waals surface area contributed by atoms with Crippen molar-refractivity contribution in [2.24, 2.45) is 0 Å². The minimum absolute atomic E-state index is 0.0623. The topological polar surface area (TPSA) is 102 Å². The highest BCUT2D eigenvalue weighted by atomic mass is 35.5. The van der Waals surface area contributed by atoms with E-state index in [9.17, 15) is 4.79 Å². The van der Waals surface area contributed by atoms with Crippen LogP contribution in [0.3, 0.4) is 0 Å². The second kappa shape index (κ2) is 8.79. The van der Waals surface area contributed by atoms with Crippen molar-refractivity contribution in [1.82, 2.24) is 20.6 Å². The average Bonchev–Trinajstić information content (AvgIpc) is 3.50. The van der Waals surface area contributed by atoms with Crippen LogP contribution < -0.4 is 14.8 Å². The molecule has 172 valence electrons. The van der Waals surface area contributed by atoms with Gasteiger partial charge in [-0.05, 0) is 71.1 Å². The van der Waals surface area contributed by atoms with Gasteiger partial charge >= 0.3 is 0 Å².